The van der Waals surface area contributed by atoms with Gasteiger partial charge in [0.1, 0.15) is 0 Å². The minimum atomic E-state index is -0.869. The van der Waals surface area contributed by atoms with E-state index in [0.29, 0.717) is 5.69 Å². The Bertz CT molecular complexity index is 467. The maximum absolute atomic E-state index is 12.1. The molecule has 0 heterocycles. The lowest BCUT2D eigenvalue weighted by Gasteiger charge is -2.36. The molecule has 0 aromatic heterocycles. The summed E-state index contributed by atoms with van der Waals surface area (Å²) in [5.41, 5.74) is 0.0921. The molecule has 0 atom stereocenters. The number of carboxylic acids is 1. The normalized spacial score (nSPS) is 17.2. The van der Waals surface area contributed by atoms with E-state index in [1.165, 1.54) is 0 Å². The molecule has 1 saturated carbocycles. The van der Waals surface area contributed by atoms with E-state index in [1.807, 2.05) is 18.2 Å². The fourth-order valence-electron chi connectivity index (χ4n) is 2.79. The van der Waals surface area contributed by atoms with Gasteiger partial charge in [-0.25, -0.2) is 4.79 Å². The van der Waals surface area contributed by atoms with Crippen molar-refractivity contribution in [2.45, 2.75) is 44.1 Å². The van der Waals surface area contributed by atoms with Gasteiger partial charge in [0.05, 0.1) is 12.0 Å². The average molecular weight is 276 g/mol. The van der Waals surface area contributed by atoms with E-state index in [4.69, 9.17) is 5.11 Å². The van der Waals surface area contributed by atoms with Crippen molar-refractivity contribution in [1.29, 1.82) is 0 Å². The molecule has 2 rings (SSSR count). The Balaban J connectivity index is 2.00. The van der Waals surface area contributed by atoms with Crippen molar-refractivity contribution in [3.63, 3.8) is 0 Å². The highest BCUT2D eigenvalue weighted by Crippen LogP contribution is 2.31. The quantitative estimate of drug-likeness (QED) is 0.791. The van der Waals surface area contributed by atoms with Gasteiger partial charge in [-0.1, -0.05) is 37.5 Å². The summed E-state index contributed by atoms with van der Waals surface area (Å²) < 4.78 is 0. The fraction of sp³-hybridized carbons (Fsp3) is 0.467. The van der Waals surface area contributed by atoms with Crippen molar-refractivity contribution in [2.75, 3.05) is 5.32 Å². The summed E-state index contributed by atoms with van der Waals surface area (Å²) in [5.74, 6) is -0.869. The Kier molecular flexibility index (Phi) is 4.61. The number of carbonyl (C=O) groups excluding carboxylic acids is 1. The second kappa shape index (κ2) is 6.41. The lowest BCUT2D eigenvalue weighted by Crippen LogP contribution is -2.52. The Morgan fingerprint density at radius 1 is 1.10 bits per heavy atom. The second-order valence-electron chi connectivity index (χ2n) is 5.36. The first-order chi connectivity index (χ1) is 9.60. The largest absolute Gasteiger partial charge is 0.481 e. The van der Waals surface area contributed by atoms with Crippen LogP contribution in [0.1, 0.15) is 38.5 Å². The van der Waals surface area contributed by atoms with E-state index >= 15 is 0 Å². The number of carboxylic acid groups (broad SMARTS) is 1. The van der Waals surface area contributed by atoms with Gasteiger partial charge in [0.2, 0.25) is 0 Å². The van der Waals surface area contributed by atoms with Crippen LogP contribution in [0.15, 0.2) is 30.3 Å². The molecular weight excluding hydrogens is 256 g/mol. The van der Waals surface area contributed by atoms with Crippen LogP contribution in [-0.2, 0) is 4.79 Å². The molecule has 5 nitrogen and oxygen atoms in total. The van der Waals surface area contributed by atoms with Gasteiger partial charge >= 0.3 is 12.0 Å². The van der Waals surface area contributed by atoms with Gasteiger partial charge in [0.25, 0.3) is 0 Å². The van der Waals surface area contributed by atoms with Crippen molar-refractivity contribution < 1.29 is 14.7 Å². The molecule has 0 radical (unpaired) electrons. The molecule has 0 unspecified atom stereocenters. The second-order valence-corrected chi connectivity index (χ2v) is 5.36. The van der Waals surface area contributed by atoms with Crippen LogP contribution in [0.4, 0.5) is 10.5 Å². The van der Waals surface area contributed by atoms with E-state index in [-0.39, 0.29) is 12.5 Å². The number of aliphatic carboxylic acids is 1. The molecule has 0 spiro atoms. The van der Waals surface area contributed by atoms with E-state index in [9.17, 15) is 9.59 Å². The zero-order valence-corrected chi connectivity index (χ0v) is 11.4. The number of hydrogen-bond donors (Lipinski definition) is 3. The topological polar surface area (TPSA) is 78.4 Å². The number of para-hydroxylation sites is 1. The molecular formula is C15H20N2O3. The van der Waals surface area contributed by atoms with Crippen LogP contribution in [0.3, 0.4) is 0 Å². The highest BCUT2D eigenvalue weighted by Gasteiger charge is 2.35. The number of carbonyl (C=O) groups is 2. The van der Waals surface area contributed by atoms with E-state index in [0.717, 1.165) is 32.1 Å². The first kappa shape index (κ1) is 14.4. The van der Waals surface area contributed by atoms with Crippen molar-refractivity contribution >= 4 is 17.7 Å². The van der Waals surface area contributed by atoms with Crippen molar-refractivity contribution in [1.82, 2.24) is 5.32 Å². The number of anilines is 1. The van der Waals surface area contributed by atoms with Gasteiger partial charge in [-0.3, -0.25) is 4.79 Å². The summed E-state index contributed by atoms with van der Waals surface area (Å²) in [5, 5.41) is 14.7. The Hall–Kier alpha value is -2.04. The van der Waals surface area contributed by atoms with Crippen LogP contribution >= 0.6 is 0 Å². The molecule has 1 aliphatic carbocycles. The van der Waals surface area contributed by atoms with Crippen LogP contribution < -0.4 is 10.6 Å². The van der Waals surface area contributed by atoms with Gasteiger partial charge in [-0.15, -0.1) is 0 Å². The summed E-state index contributed by atoms with van der Waals surface area (Å²) in [6, 6.07) is 8.80. The summed E-state index contributed by atoms with van der Waals surface area (Å²) in [6.45, 7) is 0. The highest BCUT2D eigenvalue weighted by atomic mass is 16.4. The molecule has 0 bridgehead atoms. The number of urea groups is 1. The summed E-state index contributed by atoms with van der Waals surface area (Å²) in [6.07, 6.45) is 4.44. The Labute approximate surface area is 118 Å². The van der Waals surface area contributed by atoms with Gasteiger partial charge < -0.3 is 15.7 Å². The Morgan fingerprint density at radius 3 is 2.35 bits per heavy atom. The van der Waals surface area contributed by atoms with Crippen LogP contribution in [0, 0.1) is 0 Å². The third kappa shape index (κ3) is 3.98. The highest BCUT2D eigenvalue weighted by molar-refractivity contribution is 5.90. The maximum Gasteiger partial charge on any atom is 0.319 e. The van der Waals surface area contributed by atoms with Gasteiger partial charge in [-0.05, 0) is 25.0 Å². The molecule has 0 aliphatic heterocycles. The summed E-state index contributed by atoms with van der Waals surface area (Å²) in [7, 11) is 0. The number of benzene rings is 1. The zero-order valence-electron chi connectivity index (χ0n) is 11.4. The molecule has 108 valence electrons. The predicted molar refractivity (Wildman–Crippen MR) is 76.7 cm³/mol. The molecule has 1 fully saturated rings. The Morgan fingerprint density at radius 2 is 1.75 bits per heavy atom. The molecule has 1 aromatic rings. The van der Waals surface area contributed by atoms with E-state index in [2.05, 4.69) is 10.6 Å². The fourth-order valence-corrected chi connectivity index (χ4v) is 2.79. The number of amides is 2. The minimum Gasteiger partial charge on any atom is -0.481 e. The number of rotatable bonds is 4. The van der Waals surface area contributed by atoms with Gasteiger partial charge in [-0.2, -0.15) is 0 Å². The lowest BCUT2D eigenvalue weighted by molar-refractivity contribution is -0.138. The van der Waals surface area contributed by atoms with Gasteiger partial charge in [0.15, 0.2) is 0 Å². The summed E-state index contributed by atoms with van der Waals surface area (Å²) in [4.78, 5) is 23.1. The maximum atomic E-state index is 12.1. The first-order valence-corrected chi connectivity index (χ1v) is 6.96. The minimum absolute atomic E-state index is 0.0186. The zero-order chi connectivity index (χ0) is 14.4. The molecule has 5 heteroatoms. The van der Waals surface area contributed by atoms with Crippen LogP contribution in [0.25, 0.3) is 0 Å². The van der Waals surface area contributed by atoms with Crippen molar-refractivity contribution in [3.05, 3.63) is 30.3 Å². The third-order valence-electron chi connectivity index (χ3n) is 3.71. The summed E-state index contributed by atoms with van der Waals surface area (Å²) >= 11 is 0. The van der Waals surface area contributed by atoms with Crippen molar-refractivity contribution in [2.24, 2.45) is 0 Å². The van der Waals surface area contributed by atoms with Crippen LogP contribution in [-0.4, -0.2) is 22.6 Å². The third-order valence-corrected chi connectivity index (χ3v) is 3.71. The molecule has 1 aliphatic rings. The van der Waals surface area contributed by atoms with E-state index in [1.54, 1.807) is 12.1 Å². The first-order valence-electron chi connectivity index (χ1n) is 6.96. The molecule has 3 N–H and O–H groups in total. The molecule has 1 aromatic carbocycles. The standard InChI is InChI=1S/C15H20N2O3/c18-13(19)11-15(9-5-2-6-10-15)17-14(20)16-12-7-3-1-4-8-12/h1,3-4,7-8H,2,5-6,9-11H2,(H,18,19)(H2,16,17,20). The molecule has 20 heavy (non-hydrogen) atoms. The monoisotopic (exact) mass is 276 g/mol. The average Bonchev–Trinajstić information content (AvgIpc) is 2.39. The van der Waals surface area contributed by atoms with Crippen LogP contribution in [0.2, 0.25) is 0 Å². The molecule has 0 saturated heterocycles. The van der Waals surface area contributed by atoms with Gasteiger partial charge in [0, 0.05) is 5.69 Å². The van der Waals surface area contributed by atoms with Crippen molar-refractivity contribution in [3.8, 4) is 0 Å². The van der Waals surface area contributed by atoms with E-state index < -0.39 is 11.5 Å². The molecule has 2 amide bonds. The SMILES string of the molecule is O=C(O)CC1(NC(=O)Nc2ccccc2)CCCCC1. The van der Waals surface area contributed by atoms with Crippen LogP contribution in [0.5, 0.6) is 0 Å². The number of nitrogens with one attached hydrogen (secondary N) is 2. The predicted octanol–water partition coefficient (Wildman–Crippen LogP) is 2.99. The smallest absolute Gasteiger partial charge is 0.319 e. The lowest BCUT2D eigenvalue weighted by atomic mass is 9.79. The number of hydrogen-bond acceptors (Lipinski definition) is 2.